The van der Waals surface area contributed by atoms with Gasteiger partial charge in [-0.3, -0.25) is 9.59 Å². The van der Waals surface area contributed by atoms with Crippen LogP contribution in [0.15, 0.2) is 24.3 Å². The summed E-state index contributed by atoms with van der Waals surface area (Å²) in [6.07, 6.45) is 91.2. The summed E-state index contributed by atoms with van der Waals surface area (Å²) in [5.74, 6) is -0.00747. The summed E-state index contributed by atoms with van der Waals surface area (Å²) in [7, 11) is 0. The third kappa shape index (κ3) is 67.5. The molecule has 82 heavy (non-hydrogen) atoms. The Labute approximate surface area is 513 Å². The van der Waals surface area contributed by atoms with Gasteiger partial charge in [-0.05, 0) is 57.8 Å². The highest BCUT2D eigenvalue weighted by Crippen LogP contribution is 2.19. The van der Waals surface area contributed by atoms with Gasteiger partial charge in [-0.1, -0.05) is 378 Å². The van der Waals surface area contributed by atoms with Crippen LogP contribution in [-0.2, 0) is 14.3 Å². The molecule has 0 saturated carbocycles. The lowest BCUT2D eigenvalue weighted by atomic mass is 10.0. The number of hydrogen-bond acceptors (Lipinski definition) is 5. The number of unbranched alkanes of at least 4 members (excludes halogenated alkanes) is 56. The standard InChI is InChI=1S/C76H147NO5/c1-3-5-7-9-11-13-15-17-18-43-46-50-54-58-62-66-70-76(81)82-71-67-63-59-55-51-47-44-41-39-37-35-33-31-29-27-25-23-21-19-20-22-24-26-28-30-32-34-36-38-40-42-45-49-53-57-61-65-69-75(80)77-73(72-78)74(79)68-64-60-56-52-48-16-14-12-10-8-6-4-2/h19,21,25,27,73-74,78-79H,3-18,20,22-24,26,28-72H2,1-2H3,(H,77,80)/b21-19-,27-25-. The molecule has 3 N–H and O–H groups in total. The fraction of sp³-hybridized carbons (Fsp3) is 0.921. The molecule has 0 aliphatic heterocycles. The molecule has 0 bridgehead atoms. The Morgan fingerprint density at radius 2 is 0.610 bits per heavy atom. The van der Waals surface area contributed by atoms with Crippen molar-refractivity contribution in [3.8, 4) is 0 Å². The fourth-order valence-electron chi connectivity index (χ4n) is 12.0. The Balaban J connectivity index is 3.33. The van der Waals surface area contributed by atoms with Gasteiger partial charge in [0.15, 0.2) is 0 Å². The molecule has 486 valence electrons. The third-order valence-electron chi connectivity index (χ3n) is 17.8. The molecule has 0 aliphatic carbocycles. The predicted molar refractivity (Wildman–Crippen MR) is 361 cm³/mol. The number of nitrogens with one attached hydrogen (secondary N) is 1. The summed E-state index contributed by atoms with van der Waals surface area (Å²) in [5, 5.41) is 23.3. The lowest BCUT2D eigenvalue weighted by Crippen LogP contribution is -2.45. The minimum atomic E-state index is -0.661. The largest absolute Gasteiger partial charge is 0.466 e. The molecule has 0 aromatic carbocycles. The van der Waals surface area contributed by atoms with Crippen molar-refractivity contribution in [1.82, 2.24) is 5.32 Å². The maximum absolute atomic E-state index is 12.5. The molecule has 6 nitrogen and oxygen atoms in total. The predicted octanol–water partition coefficient (Wildman–Crippen LogP) is 24.5. The average Bonchev–Trinajstić information content (AvgIpc) is 3.48. The van der Waals surface area contributed by atoms with Crippen molar-refractivity contribution in [3.63, 3.8) is 0 Å². The van der Waals surface area contributed by atoms with Crippen LogP contribution in [0.1, 0.15) is 425 Å². The van der Waals surface area contributed by atoms with Gasteiger partial charge in [0, 0.05) is 12.8 Å². The molecule has 0 heterocycles. The van der Waals surface area contributed by atoms with Crippen LogP contribution in [0.5, 0.6) is 0 Å². The van der Waals surface area contributed by atoms with Crippen LogP contribution in [0.25, 0.3) is 0 Å². The summed E-state index contributed by atoms with van der Waals surface area (Å²) in [5.41, 5.74) is 0. The number of carbonyl (C=O) groups is 2. The number of amides is 1. The van der Waals surface area contributed by atoms with E-state index in [4.69, 9.17) is 4.74 Å². The van der Waals surface area contributed by atoms with E-state index in [1.807, 2.05) is 0 Å². The number of carbonyl (C=O) groups excluding carboxylic acids is 2. The Bertz CT molecular complexity index is 1280. The molecule has 0 rings (SSSR count). The van der Waals surface area contributed by atoms with E-state index in [-0.39, 0.29) is 18.5 Å². The molecule has 6 heteroatoms. The average molecular weight is 1160 g/mol. The number of ether oxygens (including phenoxy) is 1. The summed E-state index contributed by atoms with van der Waals surface area (Å²) in [6.45, 7) is 4.99. The van der Waals surface area contributed by atoms with Crippen molar-refractivity contribution >= 4 is 11.9 Å². The SMILES string of the molecule is CCCCCCCCCCCCCCCCCCC(=O)OCCCCCCCCCCCCCCC/C=C\C/C=C\CCCCCCCCCCCCCCCCCCCC(=O)NC(CO)C(O)CCCCCCCCCCCCCC. The van der Waals surface area contributed by atoms with Crippen LogP contribution in [0.4, 0.5) is 0 Å². The first-order valence-electron chi connectivity index (χ1n) is 37.6. The number of rotatable bonds is 71. The lowest BCUT2D eigenvalue weighted by Gasteiger charge is -2.22. The van der Waals surface area contributed by atoms with Crippen molar-refractivity contribution in [2.24, 2.45) is 0 Å². The van der Waals surface area contributed by atoms with E-state index < -0.39 is 12.1 Å². The van der Waals surface area contributed by atoms with E-state index in [0.29, 0.717) is 25.9 Å². The number of aliphatic hydroxyl groups excluding tert-OH is 2. The number of esters is 1. The van der Waals surface area contributed by atoms with E-state index in [9.17, 15) is 19.8 Å². The maximum Gasteiger partial charge on any atom is 0.305 e. The molecule has 0 aromatic rings. The first-order chi connectivity index (χ1) is 40.5. The van der Waals surface area contributed by atoms with Gasteiger partial charge in [0.05, 0.1) is 25.4 Å². The van der Waals surface area contributed by atoms with Gasteiger partial charge in [-0.25, -0.2) is 0 Å². The van der Waals surface area contributed by atoms with Crippen molar-refractivity contribution in [3.05, 3.63) is 24.3 Å². The minimum absolute atomic E-state index is 0.0230. The summed E-state index contributed by atoms with van der Waals surface area (Å²) in [6, 6.07) is -0.538. The first-order valence-corrected chi connectivity index (χ1v) is 37.6. The molecule has 0 radical (unpaired) electrons. The highest BCUT2D eigenvalue weighted by Gasteiger charge is 2.20. The highest BCUT2D eigenvalue weighted by atomic mass is 16.5. The normalized spacial score (nSPS) is 12.6. The molecule has 2 atom stereocenters. The second-order valence-corrected chi connectivity index (χ2v) is 26.0. The zero-order valence-electron chi connectivity index (χ0n) is 55.8. The smallest absolute Gasteiger partial charge is 0.305 e. The van der Waals surface area contributed by atoms with Crippen LogP contribution in [-0.4, -0.2) is 47.4 Å². The van der Waals surface area contributed by atoms with Crippen molar-refractivity contribution in [2.45, 2.75) is 437 Å². The molecule has 0 fully saturated rings. The molecule has 2 unspecified atom stereocenters. The van der Waals surface area contributed by atoms with Crippen LogP contribution < -0.4 is 5.32 Å². The van der Waals surface area contributed by atoms with Gasteiger partial charge in [-0.2, -0.15) is 0 Å². The zero-order chi connectivity index (χ0) is 59.2. The first kappa shape index (κ1) is 80.3. The fourth-order valence-corrected chi connectivity index (χ4v) is 12.0. The van der Waals surface area contributed by atoms with Gasteiger partial charge in [0.1, 0.15) is 0 Å². The number of allylic oxidation sites excluding steroid dienone is 4. The zero-order valence-corrected chi connectivity index (χ0v) is 55.8. The molecular formula is C76H147NO5. The van der Waals surface area contributed by atoms with Crippen molar-refractivity contribution in [1.29, 1.82) is 0 Å². The van der Waals surface area contributed by atoms with E-state index >= 15 is 0 Å². The van der Waals surface area contributed by atoms with Crippen LogP contribution in [0, 0.1) is 0 Å². The molecule has 0 saturated heterocycles. The van der Waals surface area contributed by atoms with Crippen molar-refractivity contribution < 1.29 is 24.5 Å². The summed E-state index contributed by atoms with van der Waals surface area (Å²) < 4.78 is 5.51. The minimum Gasteiger partial charge on any atom is -0.466 e. The Morgan fingerprint density at radius 1 is 0.341 bits per heavy atom. The van der Waals surface area contributed by atoms with Gasteiger partial charge < -0.3 is 20.3 Å². The Morgan fingerprint density at radius 3 is 0.927 bits per heavy atom. The second-order valence-electron chi connectivity index (χ2n) is 26.0. The van der Waals surface area contributed by atoms with E-state index in [1.54, 1.807) is 0 Å². The van der Waals surface area contributed by atoms with Crippen molar-refractivity contribution in [2.75, 3.05) is 13.2 Å². The van der Waals surface area contributed by atoms with Crippen LogP contribution in [0.3, 0.4) is 0 Å². The second kappa shape index (κ2) is 71.8. The Hall–Kier alpha value is -1.66. The quantitative estimate of drug-likeness (QED) is 0.0320. The van der Waals surface area contributed by atoms with E-state index in [0.717, 1.165) is 44.9 Å². The Kier molecular flexibility index (Phi) is 70.4. The van der Waals surface area contributed by atoms with Gasteiger partial charge in [-0.15, -0.1) is 0 Å². The van der Waals surface area contributed by atoms with E-state index in [1.165, 1.54) is 347 Å². The maximum atomic E-state index is 12.5. The monoisotopic (exact) mass is 1150 g/mol. The lowest BCUT2D eigenvalue weighted by molar-refractivity contribution is -0.143. The van der Waals surface area contributed by atoms with E-state index in [2.05, 4.69) is 43.5 Å². The summed E-state index contributed by atoms with van der Waals surface area (Å²) >= 11 is 0. The molecular weight excluding hydrogens is 1010 g/mol. The number of aliphatic hydroxyl groups is 2. The molecule has 1 amide bonds. The molecule has 0 aliphatic rings. The topological polar surface area (TPSA) is 95.9 Å². The van der Waals surface area contributed by atoms with Crippen LogP contribution in [0.2, 0.25) is 0 Å². The van der Waals surface area contributed by atoms with Gasteiger partial charge >= 0.3 is 5.97 Å². The number of hydrogen-bond donors (Lipinski definition) is 3. The highest BCUT2D eigenvalue weighted by molar-refractivity contribution is 5.76. The van der Waals surface area contributed by atoms with Gasteiger partial charge in [0.25, 0.3) is 0 Å². The molecule has 0 spiro atoms. The third-order valence-corrected chi connectivity index (χ3v) is 17.8. The molecule has 0 aromatic heterocycles. The van der Waals surface area contributed by atoms with Gasteiger partial charge in [0.2, 0.25) is 5.91 Å². The summed E-state index contributed by atoms with van der Waals surface area (Å²) in [4.78, 5) is 24.6. The van der Waals surface area contributed by atoms with Crippen LogP contribution >= 0.6 is 0 Å².